The largest absolute Gasteiger partial charge is 0.444 e. The minimum absolute atomic E-state index is 0.272. The molecule has 1 N–H and O–H groups in total. The minimum atomic E-state index is -0.614. The molecule has 1 aliphatic rings. The molecule has 11 heteroatoms. The first-order valence-corrected chi connectivity index (χ1v) is 9.97. The number of nitrogens with zero attached hydrogens (tertiary/aromatic N) is 4. The molecule has 1 fully saturated rings. The average Bonchev–Trinajstić information content (AvgIpc) is 3.12. The summed E-state index contributed by atoms with van der Waals surface area (Å²) in [5, 5.41) is 19.3. The van der Waals surface area contributed by atoms with E-state index in [2.05, 4.69) is 15.5 Å². The lowest BCUT2D eigenvalue weighted by molar-refractivity contribution is -0.120. The lowest BCUT2D eigenvalue weighted by Gasteiger charge is -2.27. The van der Waals surface area contributed by atoms with Gasteiger partial charge < -0.3 is 4.74 Å². The minimum Gasteiger partial charge on any atom is -0.444 e. The molecule has 0 aliphatic carbocycles. The molecule has 1 aromatic heterocycles. The van der Waals surface area contributed by atoms with Gasteiger partial charge in [0.15, 0.2) is 4.34 Å². The number of nitrogens with one attached hydrogen (secondary N) is 1. The smallest absolute Gasteiger partial charge is 0.411 e. The Kier molecular flexibility index (Phi) is 6.31. The highest BCUT2D eigenvalue weighted by Crippen LogP contribution is 2.27. The summed E-state index contributed by atoms with van der Waals surface area (Å²) in [5.74, 6) is 0.861. The Bertz CT molecular complexity index is 652. The van der Waals surface area contributed by atoms with Crippen LogP contribution in [0.2, 0.25) is 0 Å². The molecule has 0 saturated carbocycles. The Balaban J connectivity index is 1.97. The SMILES string of the molecule is CC(C)(C)OC(=O)N1CSC[C@H]1C(=O)Nc1nnc(SCC#N)s1. The van der Waals surface area contributed by atoms with Crippen molar-refractivity contribution in [1.29, 1.82) is 5.26 Å². The second kappa shape index (κ2) is 8.04. The van der Waals surface area contributed by atoms with Crippen LogP contribution in [0.5, 0.6) is 0 Å². The molecule has 0 spiro atoms. The van der Waals surface area contributed by atoms with E-state index < -0.39 is 17.7 Å². The third-order valence-corrected chi connectivity index (χ3v) is 5.56. The Morgan fingerprint density at radius 2 is 2.25 bits per heavy atom. The summed E-state index contributed by atoms with van der Waals surface area (Å²) < 4.78 is 5.94. The summed E-state index contributed by atoms with van der Waals surface area (Å²) in [5.41, 5.74) is -0.614. The molecule has 2 rings (SSSR count). The Morgan fingerprint density at radius 1 is 1.50 bits per heavy atom. The fourth-order valence-electron chi connectivity index (χ4n) is 1.76. The topological polar surface area (TPSA) is 108 Å². The lowest BCUT2D eigenvalue weighted by atomic mass is 10.2. The van der Waals surface area contributed by atoms with Gasteiger partial charge in [-0.2, -0.15) is 5.26 Å². The van der Waals surface area contributed by atoms with Gasteiger partial charge in [-0.05, 0) is 20.8 Å². The summed E-state index contributed by atoms with van der Waals surface area (Å²) >= 11 is 3.94. The zero-order valence-corrected chi connectivity index (χ0v) is 15.9. The number of hydrogen-bond acceptors (Lipinski definition) is 9. The first-order chi connectivity index (χ1) is 11.3. The molecule has 8 nitrogen and oxygen atoms in total. The molecule has 130 valence electrons. The normalized spacial score (nSPS) is 17.4. The Labute approximate surface area is 152 Å². The van der Waals surface area contributed by atoms with E-state index in [4.69, 9.17) is 10.00 Å². The predicted molar refractivity (Wildman–Crippen MR) is 94.1 cm³/mol. The van der Waals surface area contributed by atoms with Gasteiger partial charge in [0.1, 0.15) is 11.6 Å². The molecule has 2 amide bonds. The summed E-state index contributed by atoms with van der Waals surface area (Å²) in [6.45, 7) is 5.35. The standard InChI is InChI=1S/C13H17N5O3S3/c1-13(2,3)21-12(20)18-7-22-6-8(18)9(19)15-10-16-17-11(24-10)23-5-4-14/h8H,5-7H2,1-3H3,(H,15,16,19)/t8-/m0/s1. The molecule has 1 aliphatic heterocycles. The number of thioether (sulfide) groups is 2. The lowest BCUT2D eigenvalue weighted by Crippen LogP contribution is -2.46. The van der Waals surface area contributed by atoms with E-state index in [1.807, 2.05) is 6.07 Å². The van der Waals surface area contributed by atoms with Crippen molar-refractivity contribution < 1.29 is 14.3 Å². The highest BCUT2D eigenvalue weighted by atomic mass is 32.2. The predicted octanol–water partition coefficient (Wildman–Crippen LogP) is 2.40. The summed E-state index contributed by atoms with van der Waals surface area (Å²) in [6.07, 6.45) is -0.504. The number of anilines is 1. The van der Waals surface area contributed by atoms with E-state index >= 15 is 0 Å². The molecule has 1 aromatic rings. The van der Waals surface area contributed by atoms with Crippen molar-refractivity contribution in [3.8, 4) is 6.07 Å². The highest BCUT2D eigenvalue weighted by molar-refractivity contribution is 8.01. The quantitative estimate of drug-likeness (QED) is 0.620. The van der Waals surface area contributed by atoms with Crippen molar-refractivity contribution in [1.82, 2.24) is 15.1 Å². The molecule has 0 bridgehead atoms. The number of hydrogen-bond donors (Lipinski definition) is 1. The fourth-order valence-corrected chi connectivity index (χ4v) is 4.32. The maximum atomic E-state index is 12.4. The molecule has 2 heterocycles. The number of rotatable bonds is 4. The number of carbonyl (C=O) groups excluding carboxylic acids is 2. The number of amides is 2. The van der Waals surface area contributed by atoms with Crippen LogP contribution >= 0.6 is 34.9 Å². The first kappa shape index (κ1) is 18.8. The van der Waals surface area contributed by atoms with Crippen molar-refractivity contribution in [2.45, 2.75) is 36.8 Å². The summed E-state index contributed by atoms with van der Waals surface area (Å²) in [7, 11) is 0. The van der Waals surface area contributed by atoms with E-state index in [9.17, 15) is 9.59 Å². The van der Waals surface area contributed by atoms with Crippen LogP contribution in [0.15, 0.2) is 4.34 Å². The van der Waals surface area contributed by atoms with Gasteiger partial charge in [0, 0.05) is 5.75 Å². The van der Waals surface area contributed by atoms with Crippen LogP contribution in [-0.2, 0) is 9.53 Å². The maximum Gasteiger partial charge on any atom is 0.411 e. The average molecular weight is 388 g/mol. The van der Waals surface area contributed by atoms with Gasteiger partial charge in [-0.15, -0.1) is 22.0 Å². The van der Waals surface area contributed by atoms with Crippen LogP contribution in [0.4, 0.5) is 9.93 Å². The van der Waals surface area contributed by atoms with E-state index in [1.165, 1.54) is 39.8 Å². The maximum absolute atomic E-state index is 12.4. The van der Waals surface area contributed by atoms with Crippen molar-refractivity contribution in [2.75, 3.05) is 22.7 Å². The number of aromatic nitrogens is 2. The number of nitriles is 1. The third kappa shape index (κ3) is 5.25. The van der Waals surface area contributed by atoms with Crippen LogP contribution in [0.25, 0.3) is 0 Å². The second-order valence-corrected chi connectivity index (χ2v) is 8.97. The Hall–Kier alpha value is -1.51. The van der Waals surface area contributed by atoms with Crippen LogP contribution in [-0.4, -0.2) is 56.1 Å². The summed E-state index contributed by atoms with van der Waals surface area (Å²) in [4.78, 5) is 26.0. The number of ether oxygens (including phenoxy) is 1. The van der Waals surface area contributed by atoms with Gasteiger partial charge in [-0.3, -0.25) is 15.0 Å². The van der Waals surface area contributed by atoms with E-state index in [0.717, 1.165) is 0 Å². The zero-order valence-electron chi connectivity index (χ0n) is 13.4. The van der Waals surface area contributed by atoms with Crippen molar-refractivity contribution in [2.24, 2.45) is 0 Å². The third-order valence-electron chi connectivity index (χ3n) is 2.71. The van der Waals surface area contributed by atoms with E-state index in [-0.39, 0.29) is 11.7 Å². The Morgan fingerprint density at radius 3 is 2.92 bits per heavy atom. The molecule has 0 aromatic carbocycles. The molecular weight excluding hydrogens is 370 g/mol. The van der Waals surface area contributed by atoms with Gasteiger partial charge in [-0.1, -0.05) is 23.1 Å². The summed E-state index contributed by atoms with van der Waals surface area (Å²) in [6, 6.07) is 1.39. The molecule has 0 radical (unpaired) electrons. The van der Waals surface area contributed by atoms with Crippen molar-refractivity contribution in [3.63, 3.8) is 0 Å². The second-order valence-electron chi connectivity index (χ2n) is 5.77. The highest BCUT2D eigenvalue weighted by Gasteiger charge is 2.37. The molecule has 1 saturated heterocycles. The van der Waals surface area contributed by atoms with Crippen molar-refractivity contribution >= 4 is 52.0 Å². The fraction of sp³-hybridized carbons (Fsp3) is 0.615. The van der Waals surface area contributed by atoms with Gasteiger partial charge in [0.25, 0.3) is 0 Å². The van der Waals surface area contributed by atoms with Crippen LogP contribution in [0, 0.1) is 11.3 Å². The molecule has 24 heavy (non-hydrogen) atoms. The van der Waals surface area contributed by atoms with Gasteiger partial charge >= 0.3 is 6.09 Å². The zero-order chi connectivity index (χ0) is 17.7. The first-order valence-electron chi connectivity index (χ1n) is 7.01. The van der Waals surface area contributed by atoms with E-state index in [0.29, 0.717) is 21.1 Å². The molecular formula is C13H17N5O3S3. The monoisotopic (exact) mass is 387 g/mol. The van der Waals surface area contributed by atoms with Gasteiger partial charge in [-0.25, -0.2) is 4.79 Å². The number of carbonyl (C=O) groups is 2. The molecule has 0 unspecified atom stereocenters. The van der Waals surface area contributed by atoms with Gasteiger partial charge in [0.2, 0.25) is 11.0 Å². The molecule has 1 atom stereocenters. The van der Waals surface area contributed by atoms with Gasteiger partial charge in [0.05, 0.1) is 17.7 Å². The van der Waals surface area contributed by atoms with Crippen LogP contribution in [0.3, 0.4) is 0 Å². The van der Waals surface area contributed by atoms with Crippen molar-refractivity contribution in [3.05, 3.63) is 0 Å². The van der Waals surface area contributed by atoms with E-state index in [1.54, 1.807) is 20.8 Å². The van der Waals surface area contributed by atoms with Crippen LogP contribution < -0.4 is 5.32 Å². The van der Waals surface area contributed by atoms with Crippen LogP contribution in [0.1, 0.15) is 20.8 Å².